The van der Waals surface area contributed by atoms with E-state index in [1.54, 1.807) is 0 Å². The standard InChI is InChI=1S/C20H25Cl3F14O8/c1-13(2,17(31,32)33)42-12(16(29,30)40-11-15(26,27)28)43-19(41-10-14(21,22)23,44-45-20(35,36)37)18(34,39-9-5-7-25)38-8-4-3-6-24/h12H,3-11H2,1-2H3. The first-order chi connectivity index (χ1) is 20.1. The first-order valence-electron chi connectivity index (χ1n) is 11.8. The van der Waals surface area contributed by atoms with Gasteiger partial charge in [-0.05, 0) is 33.1 Å². The molecule has 0 aliphatic carbocycles. The molecule has 3 atom stereocenters. The van der Waals surface area contributed by atoms with Gasteiger partial charge in [0.1, 0.15) is 13.2 Å². The summed E-state index contributed by atoms with van der Waals surface area (Å²) in [6, 6.07) is -4.84. The van der Waals surface area contributed by atoms with E-state index in [0.29, 0.717) is 0 Å². The summed E-state index contributed by atoms with van der Waals surface area (Å²) < 4.78 is 212. The summed E-state index contributed by atoms with van der Waals surface area (Å²) in [6.07, 6.45) is -29.6. The van der Waals surface area contributed by atoms with Gasteiger partial charge in [-0.2, -0.15) is 44.4 Å². The maximum Gasteiger partial charge on any atom is 0.549 e. The Labute approximate surface area is 260 Å². The van der Waals surface area contributed by atoms with Crippen LogP contribution in [0.4, 0.5) is 61.5 Å². The van der Waals surface area contributed by atoms with Crippen LogP contribution in [0.25, 0.3) is 0 Å². The van der Waals surface area contributed by atoms with Crippen molar-refractivity contribution in [2.75, 3.05) is 39.8 Å². The van der Waals surface area contributed by atoms with Crippen LogP contribution in [0.3, 0.4) is 0 Å². The van der Waals surface area contributed by atoms with Gasteiger partial charge in [-0.15, -0.1) is 18.1 Å². The minimum absolute atomic E-state index is 0.0337. The lowest BCUT2D eigenvalue weighted by Crippen LogP contribution is -2.65. The third kappa shape index (κ3) is 16.5. The largest absolute Gasteiger partial charge is 0.549 e. The Morgan fingerprint density at radius 2 is 1.11 bits per heavy atom. The Balaban J connectivity index is 7.46. The molecule has 0 fully saturated rings. The van der Waals surface area contributed by atoms with Gasteiger partial charge < -0.3 is 23.7 Å². The molecule has 0 aliphatic heterocycles. The normalized spacial score (nSPS) is 17.7. The minimum atomic E-state index is -6.09. The van der Waals surface area contributed by atoms with Crippen molar-refractivity contribution in [3.63, 3.8) is 0 Å². The highest BCUT2D eigenvalue weighted by atomic mass is 35.6. The third-order valence-corrected chi connectivity index (χ3v) is 4.80. The van der Waals surface area contributed by atoms with E-state index in [1.165, 1.54) is 0 Å². The van der Waals surface area contributed by atoms with E-state index in [9.17, 15) is 57.1 Å². The highest BCUT2D eigenvalue weighted by Gasteiger charge is 2.68. The zero-order chi connectivity index (χ0) is 35.6. The Morgan fingerprint density at radius 1 is 0.600 bits per heavy atom. The molecular weight excluding hydrogens is 741 g/mol. The quantitative estimate of drug-likeness (QED) is 0.0290. The zero-order valence-electron chi connectivity index (χ0n) is 22.6. The van der Waals surface area contributed by atoms with Gasteiger partial charge in [0.05, 0.1) is 26.6 Å². The van der Waals surface area contributed by atoms with Crippen molar-refractivity contribution >= 4 is 34.8 Å². The van der Waals surface area contributed by atoms with Gasteiger partial charge in [-0.1, -0.05) is 34.8 Å². The Kier molecular flexibility index (Phi) is 17.1. The molecule has 0 spiro atoms. The average molecular weight is 766 g/mol. The molecule has 0 aromatic carbocycles. The number of ether oxygens (including phenoxy) is 6. The van der Waals surface area contributed by atoms with E-state index >= 15 is 4.39 Å². The summed E-state index contributed by atoms with van der Waals surface area (Å²) in [7, 11) is 0. The predicted octanol–water partition coefficient (Wildman–Crippen LogP) is 8.13. The van der Waals surface area contributed by atoms with Gasteiger partial charge in [0.25, 0.3) is 6.29 Å². The van der Waals surface area contributed by atoms with Gasteiger partial charge >= 0.3 is 36.8 Å². The molecule has 0 N–H and O–H groups in total. The molecule has 0 saturated heterocycles. The molecule has 3 unspecified atom stereocenters. The third-order valence-electron chi connectivity index (χ3n) is 4.47. The van der Waals surface area contributed by atoms with Gasteiger partial charge in [0, 0.05) is 0 Å². The fraction of sp³-hybridized carbons (Fsp3) is 1.00. The van der Waals surface area contributed by atoms with Gasteiger partial charge in [-0.3, -0.25) is 13.5 Å². The van der Waals surface area contributed by atoms with Crippen molar-refractivity contribution in [3.8, 4) is 0 Å². The van der Waals surface area contributed by atoms with Crippen molar-refractivity contribution in [2.45, 2.75) is 85.6 Å². The number of unbranched alkanes of at least 4 members (excludes halogenated alkanes) is 1. The Morgan fingerprint density at radius 3 is 1.53 bits per heavy atom. The van der Waals surface area contributed by atoms with Crippen molar-refractivity contribution < 1.29 is 99.7 Å². The van der Waals surface area contributed by atoms with Crippen LogP contribution >= 0.6 is 34.8 Å². The summed E-state index contributed by atoms with van der Waals surface area (Å²) in [5.41, 5.74) is -3.93. The van der Waals surface area contributed by atoms with E-state index in [2.05, 4.69) is 38.2 Å². The number of hydrogen-bond donors (Lipinski definition) is 0. The average Bonchev–Trinajstić information content (AvgIpc) is 2.84. The highest BCUT2D eigenvalue weighted by Crippen LogP contribution is 2.45. The molecular formula is C20H25Cl3F14O8. The van der Waals surface area contributed by atoms with Gasteiger partial charge in [0.2, 0.25) is 3.79 Å². The van der Waals surface area contributed by atoms with Crippen molar-refractivity contribution in [3.05, 3.63) is 0 Å². The zero-order valence-corrected chi connectivity index (χ0v) is 24.9. The molecule has 25 heteroatoms. The van der Waals surface area contributed by atoms with Crippen LogP contribution < -0.4 is 0 Å². The van der Waals surface area contributed by atoms with Crippen molar-refractivity contribution in [1.82, 2.24) is 0 Å². The lowest BCUT2D eigenvalue weighted by molar-refractivity contribution is -0.654. The van der Waals surface area contributed by atoms with Crippen LogP contribution in [0.15, 0.2) is 0 Å². The van der Waals surface area contributed by atoms with E-state index in [0.717, 1.165) is 0 Å². The van der Waals surface area contributed by atoms with Gasteiger partial charge in [-0.25, -0.2) is 0 Å². The first-order valence-corrected chi connectivity index (χ1v) is 12.9. The van der Waals surface area contributed by atoms with Crippen molar-refractivity contribution in [1.29, 1.82) is 0 Å². The molecule has 0 aromatic rings. The van der Waals surface area contributed by atoms with Gasteiger partial charge in [0.15, 0.2) is 5.60 Å². The molecule has 0 radical (unpaired) electrons. The number of hydrogen-bond acceptors (Lipinski definition) is 8. The summed E-state index contributed by atoms with van der Waals surface area (Å²) >= 11 is 16.2. The molecule has 0 amide bonds. The summed E-state index contributed by atoms with van der Waals surface area (Å²) in [4.78, 5) is 6.61. The molecule has 45 heavy (non-hydrogen) atoms. The molecule has 0 aliphatic rings. The smallest absolute Gasteiger partial charge is 0.329 e. The molecule has 0 bridgehead atoms. The Hall–Kier alpha value is -0.430. The topological polar surface area (TPSA) is 73.8 Å². The van der Waals surface area contributed by atoms with E-state index in [4.69, 9.17) is 34.8 Å². The van der Waals surface area contributed by atoms with Crippen molar-refractivity contribution in [2.24, 2.45) is 0 Å². The fourth-order valence-electron chi connectivity index (χ4n) is 2.32. The summed E-state index contributed by atoms with van der Waals surface area (Å²) in [5, 5.41) is 0. The van der Waals surface area contributed by atoms with Crippen LogP contribution in [0.2, 0.25) is 0 Å². The highest BCUT2D eigenvalue weighted by molar-refractivity contribution is 6.67. The lowest BCUT2D eigenvalue weighted by atomic mass is 10.1. The maximum atomic E-state index is 16.4. The second-order valence-corrected chi connectivity index (χ2v) is 11.3. The SMILES string of the molecule is CC(C)(OC(OC(OCC(Cl)(Cl)Cl)(OOC(F)(F)F)C(F)(OCCCF)OCCCCF)C(F)(F)OCC(F)(F)F)C(F)(F)F. The predicted molar refractivity (Wildman–Crippen MR) is 122 cm³/mol. The second kappa shape index (κ2) is 17.3. The van der Waals surface area contributed by atoms with E-state index in [-0.39, 0.29) is 13.8 Å². The molecule has 0 rings (SSSR count). The molecule has 272 valence electrons. The van der Waals surface area contributed by atoms with Crippen LogP contribution in [-0.2, 0) is 38.2 Å². The fourth-order valence-corrected chi connectivity index (χ4v) is 2.49. The van der Waals surface area contributed by atoms with Crippen LogP contribution in [-0.4, -0.2) is 92.3 Å². The van der Waals surface area contributed by atoms with E-state index in [1.807, 2.05) is 0 Å². The first kappa shape index (κ1) is 44.6. The second-order valence-electron chi connectivity index (χ2n) is 8.79. The minimum Gasteiger partial charge on any atom is -0.329 e. The number of rotatable bonds is 21. The van der Waals surface area contributed by atoms with Crippen LogP contribution in [0.1, 0.15) is 33.1 Å². The molecule has 0 aromatic heterocycles. The van der Waals surface area contributed by atoms with Crippen LogP contribution in [0, 0.1) is 0 Å². The number of halogens is 17. The summed E-state index contributed by atoms with van der Waals surface area (Å²) in [5.74, 6) is -4.99. The molecule has 0 heterocycles. The molecule has 0 saturated carbocycles. The molecule has 8 nitrogen and oxygen atoms in total. The van der Waals surface area contributed by atoms with E-state index < -0.39 is 112 Å². The summed E-state index contributed by atoms with van der Waals surface area (Å²) in [6.45, 7) is -9.85. The monoisotopic (exact) mass is 764 g/mol. The van der Waals surface area contributed by atoms with Crippen LogP contribution in [0.5, 0.6) is 0 Å². The maximum absolute atomic E-state index is 16.4. The lowest BCUT2D eigenvalue weighted by Gasteiger charge is -2.44. The number of alkyl halides is 17. The Bertz CT molecular complexity index is 840.